The predicted molar refractivity (Wildman–Crippen MR) is 99.4 cm³/mol. The molecule has 0 bridgehead atoms. The summed E-state index contributed by atoms with van der Waals surface area (Å²) in [5.41, 5.74) is 12.4. The first kappa shape index (κ1) is 16.8. The molecule has 10 heteroatoms. The van der Waals surface area contributed by atoms with Crippen LogP contribution in [0.2, 0.25) is 0 Å². The average molecular weight is 366 g/mol. The van der Waals surface area contributed by atoms with Gasteiger partial charge in [0.1, 0.15) is 12.4 Å². The van der Waals surface area contributed by atoms with Crippen LogP contribution in [0, 0.1) is 0 Å². The fraction of sp³-hybridized carbons (Fsp3) is 0.235. The smallest absolute Gasteiger partial charge is 0.254 e. The molecule has 0 spiro atoms. The Labute approximate surface area is 154 Å². The van der Waals surface area contributed by atoms with E-state index in [2.05, 4.69) is 25.7 Å². The van der Waals surface area contributed by atoms with Crippen LogP contribution in [0.15, 0.2) is 30.6 Å². The molecular weight excluding hydrogens is 348 g/mol. The van der Waals surface area contributed by atoms with Crippen molar-refractivity contribution in [2.24, 2.45) is 11.5 Å². The van der Waals surface area contributed by atoms with Gasteiger partial charge in [-0.3, -0.25) is 14.3 Å². The Morgan fingerprint density at radius 1 is 1.22 bits per heavy atom. The van der Waals surface area contributed by atoms with Crippen molar-refractivity contribution in [1.29, 1.82) is 0 Å². The molecule has 0 atom stereocenters. The largest absolute Gasteiger partial charge is 0.368 e. The number of anilines is 3. The topological polar surface area (TPSA) is 154 Å². The molecule has 6 N–H and O–H groups in total. The Kier molecular flexibility index (Phi) is 4.07. The fourth-order valence-electron chi connectivity index (χ4n) is 2.70. The summed E-state index contributed by atoms with van der Waals surface area (Å²) in [6, 6.07) is 5.84. The molecule has 0 radical (unpaired) electrons. The van der Waals surface area contributed by atoms with Crippen molar-refractivity contribution in [2.45, 2.75) is 25.4 Å². The van der Waals surface area contributed by atoms with Crippen LogP contribution >= 0.6 is 0 Å². The number of carbonyl (C=O) groups excluding carboxylic acids is 2. The molecule has 2 aromatic heterocycles. The summed E-state index contributed by atoms with van der Waals surface area (Å²) in [5, 5.41) is 11.3. The molecule has 2 heterocycles. The van der Waals surface area contributed by atoms with E-state index < -0.39 is 11.8 Å². The molecule has 0 unspecified atom stereocenters. The highest BCUT2D eigenvalue weighted by Gasteiger charge is 2.24. The Hall–Kier alpha value is -3.69. The van der Waals surface area contributed by atoms with Crippen LogP contribution in [-0.2, 0) is 11.3 Å². The molecule has 138 valence electrons. The number of hydrogen-bond donors (Lipinski definition) is 4. The first-order chi connectivity index (χ1) is 13.0. The quantitative estimate of drug-likeness (QED) is 0.480. The molecule has 0 saturated heterocycles. The maximum Gasteiger partial charge on any atom is 0.254 e. The number of hydrogen-bond acceptors (Lipinski definition) is 7. The zero-order valence-electron chi connectivity index (χ0n) is 14.3. The number of nitrogens with zero attached hydrogens (tertiary/aromatic N) is 4. The molecule has 3 aromatic rings. The van der Waals surface area contributed by atoms with Crippen LogP contribution in [0.5, 0.6) is 0 Å². The summed E-state index contributed by atoms with van der Waals surface area (Å²) >= 11 is 0. The fourth-order valence-corrected chi connectivity index (χ4v) is 2.70. The normalized spacial score (nSPS) is 13.5. The molecule has 1 fully saturated rings. The van der Waals surface area contributed by atoms with Gasteiger partial charge in [-0.1, -0.05) is 0 Å². The lowest BCUT2D eigenvalue weighted by Gasteiger charge is -2.11. The minimum Gasteiger partial charge on any atom is -0.368 e. The van der Waals surface area contributed by atoms with E-state index in [0.717, 1.165) is 23.7 Å². The minimum atomic E-state index is -0.582. The Morgan fingerprint density at radius 3 is 2.74 bits per heavy atom. The summed E-state index contributed by atoms with van der Waals surface area (Å²) in [4.78, 5) is 31.3. The predicted octanol–water partition coefficient (Wildman–Crippen LogP) is 0.728. The first-order valence-corrected chi connectivity index (χ1v) is 8.44. The Bertz CT molecular complexity index is 1040. The number of nitrogens with one attached hydrogen (secondary N) is 2. The second-order valence-electron chi connectivity index (χ2n) is 6.41. The van der Waals surface area contributed by atoms with Crippen molar-refractivity contribution in [3.05, 3.63) is 36.2 Å². The zero-order chi connectivity index (χ0) is 19.0. The van der Waals surface area contributed by atoms with E-state index in [0.29, 0.717) is 23.5 Å². The molecular formula is C17H18N8O2. The Morgan fingerprint density at radius 2 is 2.04 bits per heavy atom. The van der Waals surface area contributed by atoms with E-state index in [9.17, 15) is 9.59 Å². The Balaban J connectivity index is 1.63. The van der Waals surface area contributed by atoms with Crippen molar-refractivity contribution in [3.8, 4) is 0 Å². The monoisotopic (exact) mass is 366 g/mol. The van der Waals surface area contributed by atoms with E-state index in [1.54, 1.807) is 6.20 Å². The number of carbonyl (C=O) groups is 2. The van der Waals surface area contributed by atoms with Gasteiger partial charge < -0.3 is 22.1 Å². The number of primary amides is 2. The maximum absolute atomic E-state index is 11.6. The number of fused-ring (bicyclic) bond motifs is 1. The van der Waals surface area contributed by atoms with Gasteiger partial charge in [0.2, 0.25) is 11.9 Å². The highest BCUT2D eigenvalue weighted by molar-refractivity contribution is 5.97. The summed E-state index contributed by atoms with van der Waals surface area (Å²) in [6.45, 7) is -0.00772. The van der Waals surface area contributed by atoms with Crippen LogP contribution in [0.1, 0.15) is 23.2 Å². The first-order valence-electron chi connectivity index (χ1n) is 8.44. The lowest BCUT2D eigenvalue weighted by atomic mass is 10.2. The van der Waals surface area contributed by atoms with Crippen LogP contribution in [0.4, 0.5) is 17.5 Å². The summed E-state index contributed by atoms with van der Waals surface area (Å²) in [5.74, 6) is -0.313. The number of rotatable bonds is 7. The number of nitrogens with two attached hydrogens (primary N) is 2. The van der Waals surface area contributed by atoms with Gasteiger partial charge in [-0.05, 0) is 31.0 Å². The van der Waals surface area contributed by atoms with Gasteiger partial charge in [-0.15, -0.1) is 0 Å². The van der Waals surface area contributed by atoms with E-state index >= 15 is 0 Å². The SMILES string of the molecule is NC(=O)Cn1ncc2ccc(Nc3ncc(C(N)=O)c(NC4CC4)n3)cc21. The lowest BCUT2D eigenvalue weighted by molar-refractivity contribution is -0.118. The highest BCUT2D eigenvalue weighted by atomic mass is 16.1. The molecule has 4 rings (SSSR count). The van der Waals surface area contributed by atoms with Crippen molar-refractivity contribution in [3.63, 3.8) is 0 Å². The molecule has 1 aliphatic rings. The summed E-state index contributed by atoms with van der Waals surface area (Å²) in [6.07, 6.45) is 5.13. The molecule has 2 amide bonds. The van der Waals surface area contributed by atoms with Gasteiger partial charge in [-0.25, -0.2) is 4.98 Å². The van der Waals surface area contributed by atoms with E-state index in [1.807, 2.05) is 18.2 Å². The maximum atomic E-state index is 11.6. The van der Waals surface area contributed by atoms with Gasteiger partial charge in [0, 0.05) is 23.3 Å². The van der Waals surface area contributed by atoms with Crippen molar-refractivity contribution in [2.75, 3.05) is 10.6 Å². The summed E-state index contributed by atoms with van der Waals surface area (Å²) < 4.78 is 1.53. The number of amides is 2. The number of benzene rings is 1. The third kappa shape index (κ3) is 3.64. The van der Waals surface area contributed by atoms with E-state index in [-0.39, 0.29) is 12.1 Å². The van der Waals surface area contributed by atoms with Crippen LogP contribution in [0.25, 0.3) is 10.9 Å². The number of aromatic nitrogens is 4. The third-order valence-electron chi connectivity index (χ3n) is 4.18. The van der Waals surface area contributed by atoms with Crippen LogP contribution in [-0.4, -0.2) is 37.6 Å². The van der Waals surface area contributed by atoms with Crippen molar-refractivity contribution < 1.29 is 9.59 Å². The van der Waals surface area contributed by atoms with Crippen LogP contribution in [0.3, 0.4) is 0 Å². The highest BCUT2D eigenvalue weighted by Crippen LogP contribution is 2.27. The van der Waals surface area contributed by atoms with E-state index in [4.69, 9.17) is 11.5 Å². The second-order valence-corrected chi connectivity index (χ2v) is 6.41. The van der Waals surface area contributed by atoms with Gasteiger partial charge in [0.05, 0.1) is 17.3 Å². The van der Waals surface area contributed by atoms with Gasteiger partial charge in [0.25, 0.3) is 5.91 Å². The molecule has 1 saturated carbocycles. The average Bonchev–Trinajstić information content (AvgIpc) is 3.35. The molecule has 10 nitrogen and oxygen atoms in total. The minimum absolute atomic E-state index is 0.00772. The van der Waals surface area contributed by atoms with Gasteiger partial charge >= 0.3 is 0 Å². The van der Waals surface area contributed by atoms with Crippen molar-refractivity contribution in [1.82, 2.24) is 19.7 Å². The van der Waals surface area contributed by atoms with E-state index in [1.165, 1.54) is 10.9 Å². The van der Waals surface area contributed by atoms with Gasteiger partial charge in [-0.2, -0.15) is 10.1 Å². The standard InChI is InChI=1S/C17H18N8O2/c18-14(26)8-25-13-5-11(2-1-9(13)6-21-25)23-17-20-7-12(15(19)27)16(24-17)22-10-3-4-10/h1-2,5-7,10H,3-4,8H2,(H2,18,26)(H2,19,27)(H2,20,22,23,24). The molecule has 1 aromatic carbocycles. The molecule has 0 aliphatic heterocycles. The third-order valence-corrected chi connectivity index (χ3v) is 4.18. The molecule has 27 heavy (non-hydrogen) atoms. The summed E-state index contributed by atoms with van der Waals surface area (Å²) in [7, 11) is 0. The van der Waals surface area contributed by atoms with Crippen molar-refractivity contribution >= 4 is 40.2 Å². The van der Waals surface area contributed by atoms with Crippen LogP contribution < -0.4 is 22.1 Å². The zero-order valence-corrected chi connectivity index (χ0v) is 14.3. The lowest BCUT2D eigenvalue weighted by Crippen LogP contribution is -2.19. The second kappa shape index (κ2) is 6.56. The van der Waals surface area contributed by atoms with Gasteiger partial charge in [0.15, 0.2) is 0 Å². The molecule has 1 aliphatic carbocycles.